The highest BCUT2D eigenvalue weighted by Gasteiger charge is 2.13. The quantitative estimate of drug-likeness (QED) is 0.446. The molecule has 0 unspecified atom stereocenters. The first kappa shape index (κ1) is 13.2. The number of benzene rings is 3. The molecule has 3 aromatic carbocycles. The molecule has 0 spiro atoms. The second kappa shape index (κ2) is 4.34. The van der Waals surface area contributed by atoms with Crippen LogP contribution in [0.25, 0.3) is 21.5 Å². The minimum Gasteiger partial charge on any atom is -0.0584 e. The molecular formula is C20H22. The molecule has 0 amide bonds. The van der Waals surface area contributed by atoms with Crippen molar-refractivity contribution in [3.8, 4) is 0 Å². The summed E-state index contributed by atoms with van der Waals surface area (Å²) in [4.78, 5) is 0. The highest BCUT2D eigenvalue weighted by Crippen LogP contribution is 2.37. The van der Waals surface area contributed by atoms with Crippen LogP contribution in [-0.4, -0.2) is 0 Å². The Morgan fingerprint density at radius 1 is 0.450 bits per heavy atom. The fourth-order valence-corrected chi connectivity index (χ4v) is 3.42. The number of fused-ring (bicyclic) bond motifs is 3. The van der Waals surface area contributed by atoms with Crippen LogP contribution in [-0.2, 0) is 0 Å². The standard InChI is InChI=1S/C20H22/c1-11-7-9-17-18-10-8-12(2)14(4)20(18)16(6)15(5)19(17)13(11)3/h7-10H,1-6H3. The molecule has 0 atom stereocenters. The molecule has 0 fully saturated rings. The van der Waals surface area contributed by atoms with Gasteiger partial charge in [0.2, 0.25) is 0 Å². The van der Waals surface area contributed by atoms with Gasteiger partial charge in [-0.3, -0.25) is 0 Å². The molecule has 0 saturated heterocycles. The molecule has 3 aromatic rings. The van der Waals surface area contributed by atoms with Gasteiger partial charge in [-0.25, -0.2) is 0 Å². The SMILES string of the molecule is Cc1ccc2c(c1C)c(C)c(C)c1c(C)c(C)ccc12. The molecule has 0 aliphatic rings. The van der Waals surface area contributed by atoms with Gasteiger partial charge in [0.25, 0.3) is 0 Å². The fraction of sp³-hybridized carbons (Fsp3) is 0.300. The molecule has 0 saturated carbocycles. The molecule has 102 valence electrons. The lowest BCUT2D eigenvalue weighted by atomic mass is 9.87. The maximum absolute atomic E-state index is 2.29. The van der Waals surface area contributed by atoms with Gasteiger partial charge in [-0.15, -0.1) is 0 Å². The predicted octanol–water partition coefficient (Wildman–Crippen LogP) is 5.84. The van der Waals surface area contributed by atoms with E-state index in [0.717, 1.165) is 0 Å². The third kappa shape index (κ3) is 1.61. The summed E-state index contributed by atoms with van der Waals surface area (Å²) in [6.07, 6.45) is 0. The normalized spacial score (nSPS) is 11.5. The zero-order valence-electron chi connectivity index (χ0n) is 13.3. The third-order valence-corrected chi connectivity index (χ3v) is 5.07. The van der Waals surface area contributed by atoms with Gasteiger partial charge in [-0.1, -0.05) is 24.3 Å². The van der Waals surface area contributed by atoms with Crippen molar-refractivity contribution in [2.24, 2.45) is 0 Å². The molecule has 20 heavy (non-hydrogen) atoms. The van der Waals surface area contributed by atoms with Gasteiger partial charge in [0.05, 0.1) is 0 Å². The number of aryl methyl sites for hydroxylation is 6. The van der Waals surface area contributed by atoms with Crippen LogP contribution < -0.4 is 0 Å². The molecule has 0 heterocycles. The van der Waals surface area contributed by atoms with Gasteiger partial charge in [0.15, 0.2) is 0 Å². The van der Waals surface area contributed by atoms with Gasteiger partial charge in [0.1, 0.15) is 0 Å². The van der Waals surface area contributed by atoms with Crippen LogP contribution in [0.2, 0.25) is 0 Å². The molecule has 0 bridgehead atoms. The molecular weight excluding hydrogens is 240 g/mol. The largest absolute Gasteiger partial charge is 0.0584 e. The molecule has 0 aromatic heterocycles. The zero-order valence-corrected chi connectivity index (χ0v) is 13.3. The summed E-state index contributed by atoms with van der Waals surface area (Å²) in [7, 11) is 0. The van der Waals surface area contributed by atoms with Gasteiger partial charge < -0.3 is 0 Å². The van der Waals surface area contributed by atoms with E-state index in [1.165, 1.54) is 54.9 Å². The molecule has 0 N–H and O–H groups in total. The van der Waals surface area contributed by atoms with Crippen molar-refractivity contribution in [2.75, 3.05) is 0 Å². The van der Waals surface area contributed by atoms with Crippen molar-refractivity contribution in [1.82, 2.24) is 0 Å². The van der Waals surface area contributed by atoms with Crippen LogP contribution in [0.1, 0.15) is 33.4 Å². The maximum Gasteiger partial charge on any atom is -0.00996 e. The van der Waals surface area contributed by atoms with Crippen LogP contribution in [0.15, 0.2) is 24.3 Å². The maximum atomic E-state index is 2.29. The topological polar surface area (TPSA) is 0 Å². The second-order valence-electron chi connectivity index (χ2n) is 6.11. The second-order valence-corrected chi connectivity index (χ2v) is 6.11. The molecule has 0 aliphatic carbocycles. The summed E-state index contributed by atoms with van der Waals surface area (Å²) in [6.45, 7) is 13.4. The average molecular weight is 262 g/mol. The van der Waals surface area contributed by atoms with E-state index in [1.54, 1.807) is 0 Å². The Morgan fingerprint density at radius 2 is 0.800 bits per heavy atom. The van der Waals surface area contributed by atoms with Crippen molar-refractivity contribution < 1.29 is 0 Å². The number of hydrogen-bond donors (Lipinski definition) is 0. The monoisotopic (exact) mass is 262 g/mol. The van der Waals surface area contributed by atoms with E-state index in [0.29, 0.717) is 0 Å². The van der Waals surface area contributed by atoms with E-state index < -0.39 is 0 Å². The Kier molecular flexibility index (Phi) is 2.86. The van der Waals surface area contributed by atoms with E-state index in [2.05, 4.69) is 65.8 Å². The van der Waals surface area contributed by atoms with Gasteiger partial charge in [0, 0.05) is 0 Å². The van der Waals surface area contributed by atoms with Crippen LogP contribution >= 0.6 is 0 Å². The first-order chi connectivity index (χ1) is 9.43. The molecule has 0 heteroatoms. The Bertz CT molecular complexity index is 779. The molecule has 3 rings (SSSR count). The highest BCUT2D eigenvalue weighted by atomic mass is 14.2. The van der Waals surface area contributed by atoms with E-state index in [4.69, 9.17) is 0 Å². The van der Waals surface area contributed by atoms with Crippen molar-refractivity contribution >= 4 is 21.5 Å². The van der Waals surface area contributed by atoms with Gasteiger partial charge in [-0.05, 0) is 96.5 Å². The number of rotatable bonds is 0. The molecule has 0 aliphatic heterocycles. The van der Waals surface area contributed by atoms with Gasteiger partial charge in [-0.2, -0.15) is 0 Å². The molecule has 0 nitrogen and oxygen atoms in total. The minimum absolute atomic E-state index is 1.38. The zero-order chi connectivity index (χ0) is 14.6. The van der Waals surface area contributed by atoms with Crippen molar-refractivity contribution in [3.63, 3.8) is 0 Å². The molecule has 0 radical (unpaired) electrons. The van der Waals surface area contributed by atoms with Crippen LogP contribution in [0, 0.1) is 41.5 Å². The Hall–Kier alpha value is -1.82. The van der Waals surface area contributed by atoms with Crippen molar-refractivity contribution in [3.05, 3.63) is 57.6 Å². The summed E-state index contributed by atoms with van der Waals surface area (Å²) in [5.74, 6) is 0. The van der Waals surface area contributed by atoms with Crippen LogP contribution in [0.3, 0.4) is 0 Å². The predicted molar refractivity (Wildman–Crippen MR) is 89.9 cm³/mol. The Morgan fingerprint density at radius 3 is 1.15 bits per heavy atom. The summed E-state index contributed by atoms with van der Waals surface area (Å²) >= 11 is 0. The van der Waals surface area contributed by atoms with E-state index in [-0.39, 0.29) is 0 Å². The summed E-state index contributed by atoms with van der Waals surface area (Å²) < 4.78 is 0. The smallest absolute Gasteiger partial charge is 0.00996 e. The first-order valence-corrected chi connectivity index (χ1v) is 7.32. The minimum atomic E-state index is 1.38. The van der Waals surface area contributed by atoms with Crippen LogP contribution in [0.5, 0.6) is 0 Å². The fourth-order valence-electron chi connectivity index (χ4n) is 3.42. The van der Waals surface area contributed by atoms with E-state index in [9.17, 15) is 0 Å². The lowest BCUT2D eigenvalue weighted by Gasteiger charge is -2.18. The van der Waals surface area contributed by atoms with E-state index in [1.807, 2.05) is 0 Å². The third-order valence-electron chi connectivity index (χ3n) is 5.07. The lowest BCUT2D eigenvalue weighted by molar-refractivity contribution is 1.32. The highest BCUT2D eigenvalue weighted by molar-refractivity contribution is 6.12. The number of hydrogen-bond acceptors (Lipinski definition) is 0. The Balaban J connectivity index is 2.70. The van der Waals surface area contributed by atoms with Crippen molar-refractivity contribution in [2.45, 2.75) is 41.5 Å². The van der Waals surface area contributed by atoms with Crippen molar-refractivity contribution in [1.29, 1.82) is 0 Å². The Labute approximate surface area is 121 Å². The lowest BCUT2D eigenvalue weighted by Crippen LogP contribution is -1.95. The summed E-state index contributed by atoms with van der Waals surface area (Å²) in [5.41, 5.74) is 8.46. The average Bonchev–Trinajstić information content (AvgIpc) is 2.42. The first-order valence-electron chi connectivity index (χ1n) is 7.32. The van der Waals surface area contributed by atoms with Gasteiger partial charge >= 0.3 is 0 Å². The summed E-state index contributed by atoms with van der Waals surface area (Å²) in [5, 5.41) is 5.68. The van der Waals surface area contributed by atoms with Crippen LogP contribution in [0.4, 0.5) is 0 Å². The van der Waals surface area contributed by atoms with E-state index >= 15 is 0 Å². The summed E-state index contributed by atoms with van der Waals surface area (Å²) in [6, 6.07) is 9.09.